The minimum Gasteiger partial charge on any atom is -0.497 e. The Labute approximate surface area is 157 Å². The van der Waals surface area contributed by atoms with Gasteiger partial charge in [-0.2, -0.15) is 0 Å². The molecule has 0 fully saturated rings. The number of amides is 1. The predicted molar refractivity (Wildman–Crippen MR) is 100 cm³/mol. The Morgan fingerprint density at radius 3 is 2.63 bits per heavy atom. The van der Waals surface area contributed by atoms with E-state index in [9.17, 15) is 14.7 Å². The maximum absolute atomic E-state index is 12.9. The van der Waals surface area contributed by atoms with Crippen molar-refractivity contribution in [3.05, 3.63) is 53.6 Å². The minimum atomic E-state index is -1.98. The highest BCUT2D eigenvalue weighted by molar-refractivity contribution is 6.11. The van der Waals surface area contributed by atoms with Gasteiger partial charge in [-0.25, -0.2) is 0 Å². The molecular weight excluding hydrogens is 346 g/mol. The van der Waals surface area contributed by atoms with Crippen LogP contribution in [0.1, 0.15) is 22.3 Å². The number of hydrogen-bond acceptors (Lipinski definition) is 5. The van der Waals surface area contributed by atoms with Crippen LogP contribution in [0.25, 0.3) is 0 Å². The number of fused-ring (bicyclic) bond motifs is 1. The maximum Gasteiger partial charge on any atom is 0.265 e. The molecule has 3 rings (SSSR count). The first-order valence-electron chi connectivity index (χ1n) is 8.28. The molecule has 0 unspecified atom stereocenters. The zero-order valence-corrected chi connectivity index (χ0v) is 15.1. The molecule has 1 aliphatic rings. The number of carbonyl (C=O) groups excluding carboxylic acids is 2. The predicted octanol–water partition coefficient (Wildman–Crippen LogP) is 2.14. The highest BCUT2D eigenvalue weighted by Gasteiger charge is 2.50. The number of hydrogen-bond donors (Lipinski definition) is 1. The molecule has 2 aromatic carbocycles. The number of ether oxygens (including phenoxy) is 2. The van der Waals surface area contributed by atoms with Crippen LogP contribution in [0.2, 0.25) is 0 Å². The van der Waals surface area contributed by atoms with Crippen LogP contribution < -0.4 is 14.4 Å². The molecule has 0 saturated carbocycles. The summed E-state index contributed by atoms with van der Waals surface area (Å²) in [4.78, 5) is 27.1. The summed E-state index contributed by atoms with van der Waals surface area (Å²) in [6, 6.07) is 11.5. The van der Waals surface area contributed by atoms with Crippen LogP contribution in [0, 0.1) is 12.3 Å². The largest absolute Gasteiger partial charge is 0.497 e. The van der Waals surface area contributed by atoms with Gasteiger partial charge in [0.05, 0.1) is 38.4 Å². The van der Waals surface area contributed by atoms with E-state index in [1.165, 1.54) is 19.1 Å². The molecule has 1 heterocycles. The lowest BCUT2D eigenvalue weighted by atomic mass is 9.88. The average Bonchev–Trinajstić information content (AvgIpc) is 2.89. The molecule has 138 valence electrons. The number of anilines is 1. The van der Waals surface area contributed by atoms with Gasteiger partial charge < -0.3 is 14.6 Å². The second-order valence-electron chi connectivity index (χ2n) is 6.14. The molecule has 1 N–H and O–H groups in total. The number of para-hydroxylation sites is 1. The zero-order chi connectivity index (χ0) is 19.6. The molecule has 0 aromatic heterocycles. The van der Waals surface area contributed by atoms with Crippen molar-refractivity contribution < 1.29 is 24.2 Å². The average molecular weight is 365 g/mol. The topological polar surface area (TPSA) is 76.1 Å². The van der Waals surface area contributed by atoms with Crippen LogP contribution in [0.5, 0.6) is 11.5 Å². The summed E-state index contributed by atoms with van der Waals surface area (Å²) < 4.78 is 10.4. The van der Waals surface area contributed by atoms with E-state index in [2.05, 4.69) is 5.92 Å². The fraction of sp³-hybridized carbons (Fsp3) is 0.238. The van der Waals surface area contributed by atoms with Gasteiger partial charge in [0.2, 0.25) is 0 Å². The molecule has 0 aliphatic carbocycles. The van der Waals surface area contributed by atoms with Gasteiger partial charge in [0.1, 0.15) is 11.5 Å². The smallest absolute Gasteiger partial charge is 0.265 e. The van der Waals surface area contributed by atoms with Crippen molar-refractivity contribution in [1.82, 2.24) is 0 Å². The second kappa shape index (κ2) is 7.14. The van der Waals surface area contributed by atoms with E-state index in [0.717, 1.165) is 0 Å². The summed E-state index contributed by atoms with van der Waals surface area (Å²) >= 11 is 0. The van der Waals surface area contributed by atoms with Crippen LogP contribution in [-0.2, 0) is 10.4 Å². The summed E-state index contributed by atoms with van der Waals surface area (Å²) in [6.45, 7) is 0.0121. The third kappa shape index (κ3) is 3.03. The van der Waals surface area contributed by atoms with Gasteiger partial charge in [0, 0.05) is 11.6 Å². The molecule has 6 nitrogen and oxygen atoms in total. The summed E-state index contributed by atoms with van der Waals surface area (Å²) in [6.07, 6.45) is 4.93. The van der Waals surface area contributed by atoms with Crippen LogP contribution in [0.15, 0.2) is 42.5 Å². The molecule has 1 atom stereocenters. The van der Waals surface area contributed by atoms with E-state index in [1.807, 2.05) is 0 Å². The molecule has 2 aromatic rings. The third-order valence-corrected chi connectivity index (χ3v) is 4.61. The van der Waals surface area contributed by atoms with Gasteiger partial charge in [-0.15, -0.1) is 6.42 Å². The lowest BCUT2D eigenvalue weighted by molar-refractivity contribution is -0.135. The molecule has 0 radical (unpaired) electrons. The Kier molecular flexibility index (Phi) is 4.89. The summed E-state index contributed by atoms with van der Waals surface area (Å²) in [5.41, 5.74) is -0.842. The van der Waals surface area contributed by atoms with Gasteiger partial charge in [-0.05, 0) is 18.2 Å². The normalized spacial score (nSPS) is 18.0. The van der Waals surface area contributed by atoms with E-state index in [1.54, 1.807) is 42.5 Å². The van der Waals surface area contributed by atoms with Crippen LogP contribution >= 0.6 is 0 Å². The molecule has 1 amide bonds. The summed E-state index contributed by atoms with van der Waals surface area (Å²) in [5, 5.41) is 11.2. The highest BCUT2D eigenvalue weighted by Crippen LogP contribution is 2.43. The Morgan fingerprint density at radius 1 is 1.22 bits per heavy atom. The standard InChI is InChI=1S/C21H19NO5/c1-4-11-22-17-8-6-5-7-16(17)21(25,20(22)24)13-18(23)15-10-9-14(26-2)12-19(15)27-3/h1,5-10,12,25H,11,13H2,2-3H3/t21-/m0/s1. The van der Waals surface area contributed by atoms with Crippen molar-refractivity contribution in [1.29, 1.82) is 0 Å². The first-order valence-corrected chi connectivity index (χ1v) is 8.28. The summed E-state index contributed by atoms with van der Waals surface area (Å²) in [7, 11) is 2.94. The van der Waals surface area contributed by atoms with Gasteiger partial charge in [0.25, 0.3) is 5.91 Å². The van der Waals surface area contributed by atoms with Crippen LogP contribution in [-0.4, -0.2) is 37.6 Å². The molecule has 0 bridgehead atoms. The fourth-order valence-electron chi connectivity index (χ4n) is 3.28. The monoisotopic (exact) mass is 365 g/mol. The third-order valence-electron chi connectivity index (χ3n) is 4.61. The number of ketones is 1. The number of nitrogens with zero attached hydrogens (tertiary/aromatic N) is 1. The van der Waals surface area contributed by atoms with E-state index in [0.29, 0.717) is 22.7 Å². The first kappa shape index (κ1) is 18.5. The number of aliphatic hydroxyl groups is 1. The number of Topliss-reactive ketones (excluding diaryl/α,β-unsaturated/α-hetero) is 1. The summed E-state index contributed by atoms with van der Waals surface area (Å²) in [5.74, 6) is 2.21. The molecule has 0 spiro atoms. The SMILES string of the molecule is C#CCN1C(=O)[C@](O)(CC(=O)c2ccc(OC)cc2OC)c2ccccc21. The van der Waals surface area contributed by atoms with E-state index >= 15 is 0 Å². The van der Waals surface area contributed by atoms with E-state index in [4.69, 9.17) is 15.9 Å². The Morgan fingerprint density at radius 2 is 1.96 bits per heavy atom. The maximum atomic E-state index is 12.9. The van der Waals surface area contributed by atoms with Gasteiger partial charge in [-0.1, -0.05) is 24.1 Å². The van der Waals surface area contributed by atoms with Crippen molar-refractivity contribution in [2.24, 2.45) is 0 Å². The lowest BCUT2D eigenvalue weighted by Gasteiger charge is -2.22. The number of rotatable bonds is 6. The van der Waals surface area contributed by atoms with Gasteiger partial charge in [-0.3, -0.25) is 14.5 Å². The molecule has 1 aliphatic heterocycles. The van der Waals surface area contributed by atoms with Crippen molar-refractivity contribution >= 4 is 17.4 Å². The molecule has 6 heteroatoms. The number of carbonyl (C=O) groups is 2. The van der Waals surface area contributed by atoms with Crippen molar-refractivity contribution in [3.63, 3.8) is 0 Å². The van der Waals surface area contributed by atoms with Crippen molar-refractivity contribution in [2.45, 2.75) is 12.0 Å². The molecule has 27 heavy (non-hydrogen) atoms. The fourth-order valence-corrected chi connectivity index (χ4v) is 3.28. The quantitative estimate of drug-likeness (QED) is 0.627. The van der Waals surface area contributed by atoms with Crippen LogP contribution in [0.4, 0.5) is 5.69 Å². The van der Waals surface area contributed by atoms with Crippen LogP contribution in [0.3, 0.4) is 0 Å². The molecular formula is C21H19NO5. The van der Waals surface area contributed by atoms with E-state index in [-0.39, 0.29) is 12.1 Å². The molecule has 0 saturated heterocycles. The van der Waals surface area contributed by atoms with Gasteiger partial charge >= 0.3 is 0 Å². The van der Waals surface area contributed by atoms with Crippen molar-refractivity contribution in [2.75, 3.05) is 25.7 Å². The second-order valence-corrected chi connectivity index (χ2v) is 6.14. The Balaban J connectivity index is 1.99. The van der Waals surface area contributed by atoms with Crippen molar-refractivity contribution in [3.8, 4) is 23.8 Å². The van der Waals surface area contributed by atoms with Gasteiger partial charge in [0.15, 0.2) is 11.4 Å². The Bertz CT molecular complexity index is 946. The lowest BCUT2D eigenvalue weighted by Crippen LogP contribution is -2.42. The number of benzene rings is 2. The number of terminal acetylenes is 1. The number of methoxy groups -OCH3 is 2. The minimum absolute atomic E-state index is 0.0121. The zero-order valence-electron chi connectivity index (χ0n) is 15.1. The van der Waals surface area contributed by atoms with E-state index < -0.39 is 23.7 Å². The first-order chi connectivity index (χ1) is 13.0. The highest BCUT2D eigenvalue weighted by atomic mass is 16.5. The Hall–Kier alpha value is -3.30.